The highest BCUT2D eigenvalue weighted by Gasteiger charge is 2.40. The largest absolute Gasteiger partial charge is 0.332 e. The Morgan fingerprint density at radius 1 is 1.00 bits per heavy atom. The van der Waals surface area contributed by atoms with Gasteiger partial charge in [0.1, 0.15) is 5.82 Å². The summed E-state index contributed by atoms with van der Waals surface area (Å²) < 4.78 is 2.30. The summed E-state index contributed by atoms with van der Waals surface area (Å²) in [5, 5.41) is 8.84. The van der Waals surface area contributed by atoms with Crippen LogP contribution in [0.15, 0.2) is 0 Å². The van der Waals surface area contributed by atoms with Crippen LogP contribution in [0.1, 0.15) is 62.6 Å². The molecule has 20 heavy (non-hydrogen) atoms. The highest BCUT2D eigenvalue weighted by atomic mass is 16.2. The zero-order valence-electron chi connectivity index (χ0n) is 11.9. The highest BCUT2D eigenvalue weighted by Crippen LogP contribution is 2.38. The first-order valence-electron chi connectivity index (χ1n) is 8.07. The van der Waals surface area contributed by atoms with E-state index >= 15 is 0 Å². The molecule has 1 aliphatic carbocycles. The van der Waals surface area contributed by atoms with Gasteiger partial charge in [0.15, 0.2) is 5.82 Å². The van der Waals surface area contributed by atoms with E-state index in [2.05, 4.69) is 19.7 Å². The maximum atomic E-state index is 12.4. The van der Waals surface area contributed by atoms with Gasteiger partial charge in [-0.15, -0.1) is 10.2 Å². The van der Waals surface area contributed by atoms with Crippen molar-refractivity contribution in [2.24, 2.45) is 5.92 Å². The molecule has 1 saturated carbocycles. The van der Waals surface area contributed by atoms with Gasteiger partial charge in [-0.2, -0.15) is 0 Å². The summed E-state index contributed by atoms with van der Waals surface area (Å²) in [5.41, 5.74) is 0. The van der Waals surface area contributed by atoms with Gasteiger partial charge >= 0.3 is 0 Å². The Hall–Kier alpha value is -1.39. The van der Waals surface area contributed by atoms with Gasteiger partial charge < -0.3 is 9.47 Å². The van der Waals surface area contributed by atoms with E-state index in [1.807, 2.05) is 0 Å². The number of carbonyl (C=O) groups excluding carboxylic acids is 1. The Balaban J connectivity index is 1.62. The summed E-state index contributed by atoms with van der Waals surface area (Å²) in [6.07, 6.45) is 9.06. The number of hydrogen-bond donors (Lipinski definition) is 0. The average molecular weight is 274 g/mol. The normalized spacial score (nSPS) is 26.4. The van der Waals surface area contributed by atoms with Crippen LogP contribution in [0.5, 0.6) is 0 Å². The maximum absolute atomic E-state index is 12.4. The Morgan fingerprint density at radius 3 is 2.75 bits per heavy atom. The van der Waals surface area contributed by atoms with Crippen molar-refractivity contribution in [3.8, 4) is 0 Å². The molecule has 0 N–H and O–H groups in total. The number of fused-ring (bicyclic) bond motifs is 1. The van der Waals surface area contributed by atoms with Crippen molar-refractivity contribution < 1.29 is 4.79 Å². The first-order valence-corrected chi connectivity index (χ1v) is 8.07. The molecule has 5 nitrogen and oxygen atoms in total. The molecule has 1 saturated heterocycles. The maximum Gasteiger partial charge on any atom is 0.226 e. The summed E-state index contributed by atoms with van der Waals surface area (Å²) in [6.45, 7) is 1.93. The van der Waals surface area contributed by atoms with E-state index in [4.69, 9.17) is 0 Å². The lowest BCUT2D eigenvalue weighted by Gasteiger charge is -2.24. The molecule has 0 unspecified atom stereocenters. The van der Waals surface area contributed by atoms with Gasteiger partial charge in [-0.3, -0.25) is 4.79 Å². The molecule has 5 heteroatoms. The van der Waals surface area contributed by atoms with E-state index in [0.29, 0.717) is 11.8 Å². The number of aryl methyl sites for hydroxylation is 1. The van der Waals surface area contributed by atoms with Crippen LogP contribution in [0.2, 0.25) is 0 Å². The van der Waals surface area contributed by atoms with Crippen LogP contribution in [0.3, 0.4) is 0 Å². The van der Waals surface area contributed by atoms with E-state index in [1.165, 1.54) is 19.3 Å². The predicted octanol–water partition coefficient (Wildman–Crippen LogP) is 2.08. The minimum atomic E-state index is 0.183. The molecule has 3 aliphatic rings. The van der Waals surface area contributed by atoms with Crippen molar-refractivity contribution in [2.45, 2.75) is 64.0 Å². The van der Waals surface area contributed by atoms with Crippen LogP contribution in [0, 0.1) is 5.92 Å². The first-order chi connectivity index (χ1) is 9.84. The lowest BCUT2D eigenvalue weighted by Crippen LogP contribution is -2.33. The van der Waals surface area contributed by atoms with Crippen LogP contribution < -0.4 is 0 Å². The number of likely N-dealkylation sites (tertiary alicyclic amines) is 1. The minimum Gasteiger partial charge on any atom is -0.332 e. The van der Waals surface area contributed by atoms with Crippen molar-refractivity contribution >= 4 is 5.91 Å². The quantitative estimate of drug-likeness (QED) is 0.829. The van der Waals surface area contributed by atoms with Gasteiger partial charge in [0.25, 0.3) is 0 Å². The van der Waals surface area contributed by atoms with Crippen molar-refractivity contribution in [3.05, 3.63) is 11.6 Å². The van der Waals surface area contributed by atoms with Crippen molar-refractivity contribution in [1.29, 1.82) is 0 Å². The lowest BCUT2D eigenvalue weighted by molar-refractivity contribution is -0.133. The Morgan fingerprint density at radius 2 is 1.90 bits per heavy atom. The smallest absolute Gasteiger partial charge is 0.226 e. The summed E-state index contributed by atoms with van der Waals surface area (Å²) >= 11 is 0. The van der Waals surface area contributed by atoms with Crippen LogP contribution >= 0.6 is 0 Å². The average Bonchev–Trinajstić information content (AvgIpc) is 3.14. The molecule has 3 heterocycles. The molecule has 1 aromatic heterocycles. The Kier molecular flexibility index (Phi) is 3.00. The van der Waals surface area contributed by atoms with E-state index in [-0.39, 0.29) is 6.04 Å². The van der Waals surface area contributed by atoms with Gasteiger partial charge in [0.05, 0.1) is 6.04 Å². The molecule has 1 aromatic rings. The SMILES string of the molecule is O=C(C1CC1)N1CCC[C@@H]1c1nnc2n1CCCCC2. The predicted molar refractivity (Wildman–Crippen MR) is 74.0 cm³/mol. The third kappa shape index (κ3) is 2.03. The lowest BCUT2D eigenvalue weighted by atomic mass is 10.2. The van der Waals surface area contributed by atoms with Crippen molar-refractivity contribution in [1.82, 2.24) is 19.7 Å². The van der Waals surface area contributed by atoms with E-state index in [1.54, 1.807) is 0 Å². The Bertz CT molecular complexity index is 520. The minimum absolute atomic E-state index is 0.183. The standard InChI is InChI=1S/C15H22N4O/c20-15(11-7-8-11)18-10-4-5-12(18)14-17-16-13-6-2-1-3-9-19(13)14/h11-12H,1-10H2/t12-/m1/s1. The molecule has 0 radical (unpaired) electrons. The second-order valence-electron chi connectivity index (χ2n) is 6.40. The van der Waals surface area contributed by atoms with E-state index < -0.39 is 0 Å². The molecule has 0 spiro atoms. The molecule has 2 aliphatic heterocycles. The second-order valence-corrected chi connectivity index (χ2v) is 6.40. The first kappa shape index (κ1) is 12.4. The van der Waals surface area contributed by atoms with Crippen LogP contribution in [-0.2, 0) is 17.8 Å². The van der Waals surface area contributed by atoms with Gasteiger partial charge in [-0.1, -0.05) is 6.42 Å². The summed E-state index contributed by atoms with van der Waals surface area (Å²) in [4.78, 5) is 14.5. The van der Waals surface area contributed by atoms with E-state index in [9.17, 15) is 4.79 Å². The van der Waals surface area contributed by atoms with Crippen LogP contribution in [-0.4, -0.2) is 32.1 Å². The highest BCUT2D eigenvalue weighted by molar-refractivity contribution is 5.81. The van der Waals surface area contributed by atoms with Gasteiger partial charge in [0.2, 0.25) is 5.91 Å². The molecule has 108 valence electrons. The molecular weight excluding hydrogens is 252 g/mol. The fourth-order valence-corrected chi connectivity index (χ4v) is 3.62. The molecule has 2 fully saturated rings. The number of aromatic nitrogens is 3. The third-order valence-electron chi connectivity index (χ3n) is 4.90. The summed E-state index contributed by atoms with van der Waals surface area (Å²) in [5.74, 6) is 2.84. The van der Waals surface area contributed by atoms with Crippen LogP contribution in [0.25, 0.3) is 0 Å². The fourth-order valence-electron chi connectivity index (χ4n) is 3.62. The number of carbonyl (C=O) groups is 1. The van der Waals surface area contributed by atoms with Gasteiger partial charge in [-0.25, -0.2) is 0 Å². The Labute approximate surface area is 119 Å². The van der Waals surface area contributed by atoms with Crippen molar-refractivity contribution in [2.75, 3.05) is 6.54 Å². The van der Waals surface area contributed by atoms with E-state index in [0.717, 1.165) is 56.8 Å². The van der Waals surface area contributed by atoms with Crippen molar-refractivity contribution in [3.63, 3.8) is 0 Å². The summed E-state index contributed by atoms with van der Waals surface area (Å²) in [6, 6.07) is 0.183. The van der Waals surface area contributed by atoms with Gasteiger partial charge in [-0.05, 0) is 38.5 Å². The molecular formula is C15H22N4O. The zero-order chi connectivity index (χ0) is 13.5. The molecule has 0 bridgehead atoms. The fraction of sp³-hybridized carbons (Fsp3) is 0.800. The molecule has 1 atom stereocenters. The van der Waals surface area contributed by atoms with Gasteiger partial charge in [0, 0.05) is 25.4 Å². The number of hydrogen-bond acceptors (Lipinski definition) is 3. The second kappa shape index (κ2) is 4.86. The summed E-state index contributed by atoms with van der Waals surface area (Å²) in [7, 11) is 0. The number of amides is 1. The number of nitrogens with zero attached hydrogens (tertiary/aromatic N) is 4. The monoisotopic (exact) mass is 274 g/mol. The molecule has 1 amide bonds. The molecule has 0 aromatic carbocycles. The number of rotatable bonds is 2. The zero-order valence-corrected chi connectivity index (χ0v) is 11.9. The third-order valence-corrected chi connectivity index (χ3v) is 4.90. The van der Waals surface area contributed by atoms with Crippen LogP contribution in [0.4, 0.5) is 0 Å². The molecule has 4 rings (SSSR count). The topological polar surface area (TPSA) is 51.0 Å².